The van der Waals surface area contributed by atoms with Crippen LogP contribution in [0.1, 0.15) is 71.1 Å². The van der Waals surface area contributed by atoms with Crippen molar-refractivity contribution in [1.29, 1.82) is 0 Å². The first kappa shape index (κ1) is 26.1. The molecule has 0 aliphatic carbocycles. The molecule has 0 atom stereocenters. The summed E-state index contributed by atoms with van der Waals surface area (Å²) in [6.07, 6.45) is 13.2. The zero-order chi connectivity index (χ0) is 16.6. The van der Waals surface area contributed by atoms with Crippen LogP contribution in [-0.4, -0.2) is 50.5 Å². The maximum absolute atomic E-state index is 9.15. The average molecular weight is 322 g/mol. The molecule has 5 nitrogen and oxygen atoms in total. The lowest BCUT2D eigenvalue weighted by molar-refractivity contribution is -0.870. The van der Waals surface area contributed by atoms with E-state index in [-0.39, 0.29) is 6.15 Å². The zero-order valence-electron chi connectivity index (χ0n) is 15.7. The van der Waals surface area contributed by atoms with E-state index in [0.29, 0.717) is 0 Å². The van der Waals surface area contributed by atoms with Gasteiger partial charge in [-0.1, -0.05) is 58.3 Å². The fourth-order valence-corrected chi connectivity index (χ4v) is 2.07. The monoisotopic (exact) mass is 321 g/mol. The molecule has 0 bridgehead atoms. The summed E-state index contributed by atoms with van der Waals surface area (Å²) in [4.78, 5) is 9.15. The van der Waals surface area contributed by atoms with Crippen LogP contribution in [0.25, 0.3) is 0 Å². The minimum absolute atomic E-state index is 0. The fraction of sp³-hybridized carbons (Fsp3) is 0.941. The SMILES string of the molecule is CCCCCCCCCCCC[N+](C)(C)C.COC(=O)O.N. The zero-order valence-corrected chi connectivity index (χ0v) is 15.7. The number of carboxylic acid groups (broad SMARTS) is 1. The maximum Gasteiger partial charge on any atom is 0.505 e. The van der Waals surface area contributed by atoms with Gasteiger partial charge < -0.3 is 20.5 Å². The van der Waals surface area contributed by atoms with E-state index < -0.39 is 6.16 Å². The van der Waals surface area contributed by atoms with Crippen LogP contribution in [0.3, 0.4) is 0 Å². The van der Waals surface area contributed by atoms with E-state index in [4.69, 9.17) is 9.90 Å². The van der Waals surface area contributed by atoms with E-state index in [2.05, 4.69) is 32.8 Å². The van der Waals surface area contributed by atoms with Crippen molar-refractivity contribution in [3.05, 3.63) is 0 Å². The van der Waals surface area contributed by atoms with E-state index in [1.807, 2.05) is 0 Å². The molecule has 136 valence electrons. The van der Waals surface area contributed by atoms with Crippen molar-refractivity contribution in [2.24, 2.45) is 0 Å². The molecule has 0 amide bonds. The van der Waals surface area contributed by atoms with Crippen LogP contribution in [0.4, 0.5) is 4.79 Å². The van der Waals surface area contributed by atoms with E-state index in [1.165, 1.54) is 70.8 Å². The lowest BCUT2D eigenvalue weighted by atomic mass is 10.1. The van der Waals surface area contributed by atoms with E-state index in [1.54, 1.807) is 0 Å². The molecule has 0 spiro atoms. The van der Waals surface area contributed by atoms with Gasteiger partial charge in [0, 0.05) is 0 Å². The van der Waals surface area contributed by atoms with Crippen LogP contribution in [0.2, 0.25) is 0 Å². The molecule has 0 aliphatic heterocycles. The highest BCUT2D eigenvalue weighted by Crippen LogP contribution is 2.10. The summed E-state index contributed by atoms with van der Waals surface area (Å²) in [6.45, 7) is 3.62. The molecule has 4 N–H and O–H groups in total. The number of unbranched alkanes of at least 4 members (excludes halogenated alkanes) is 9. The third kappa shape index (κ3) is 31.5. The van der Waals surface area contributed by atoms with Gasteiger partial charge in [-0.15, -0.1) is 0 Å². The predicted molar refractivity (Wildman–Crippen MR) is 94.8 cm³/mol. The Kier molecular flexibility index (Phi) is 21.6. The van der Waals surface area contributed by atoms with Gasteiger partial charge in [0.2, 0.25) is 0 Å². The number of rotatable bonds is 11. The molecule has 22 heavy (non-hydrogen) atoms. The Morgan fingerprint density at radius 3 is 1.45 bits per heavy atom. The van der Waals surface area contributed by atoms with Crippen molar-refractivity contribution in [1.82, 2.24) is 6.15 Å². The molecule has 0 aliphatic rings. The van der Waals surface area contributed by atoms with Crippen molar-refractivity contribution in [3.63, 3.8) is 0 Å². The van der Waals surface area contributed by atoms with Gasteiger partial charge in [-0.2, -0.15) is 0 Å². The minimum Gasteiger partial charge on any atom is -0.450 e. The summed E-state index contributed by atoms with van der Waals surface area (Å²) < 4.78 is 4.79. The molecule has 0 fully saturated rings. The number of methoxy groups -OCH3 is 1. The van der Waals surface area contributed by atoms with Gasteiger partial charge >= 0.3 is 6.16 Å². The van der Waals surface area contributed by atoms with Gasteiger partial charge in [0.25, 0.3) is 0 Å². The van der Waals surface area contributed by atoms with Crippen molar-refractivity contribution in [2.45, 2.75) is 71.1 Å². The van der Waals surface area contributed by atoms with E-state index in [9.17, 15) is 0 Å². The number of ether oxygens (including phenoxy) is 1. The number of carbonyl (C=O) groups is 1. The average Bonchev–Trinajstić information content (AvgIpc) is 2.40. The molecule has 0 radical (unpaired) electrons. The Morgan fingerprint density at radius 1 is 0.864 bits per heavy atom. The molecule has 0 saturated heterocycles. The second kappa shape index (κ2) is 18.2. The van der Waals surface area contributed by atoms with Crippen molar-refractivity contribution in [2.75, 3.05) is 34.8 Å². The first-order valence-corrected chi connectivity index (χ1v) is 8.41. The Balaban J connectivity index is -0.000000520. The van der Waals surface area contributed by atoms with Crippen LogP contribution in [0.15, 0.2) is 0 Å². The predicted octanol–water partition coefficient (Wildman–Crippen LogP) is 5.09. The largest absolute Gasteiger partial charge is 0.505 e. The van der Waals surface area contributed by atoms with Gasteiger partial charge in [0.05, 0.1) is 34.8 Å². The summed E-state index contributed by atoms with van der Waals surface area (Å²) in [6, 6.07) is 0. The van der Waals surface area contributed by atoms with Crippen LogP contribution >= 0.6 is 0 Å². The second-order valence-electron chi connectivity index (χ2n) is 6.67. The summed E-state index contributed by atoms with van der Waals surface area (Å²) >= 11 is 0. The van der Waals surface area contributed by atoms with Crippen molar-refractivity contribution >= 4 is 6.16 Å². The topological polar surface area (TPSA) is 81.5 Å². The van der Waals surface area contributed by atoms with Crippen LogP contribution in [0, 0.1) is 0 Å². The lowest BCUT2D eigenvalue weighted by Crippen LogP contribution is -2.35. The summed E-state index contributed by atoms with van der Waals surface area (Å²) in [7, 11) is 7.96. The second-order valence-corrected chi connectivity index (χ2v) is 6.67. The summed E-state index contributed by atoms with van der Waals surface area (Å²) in [5.41, 5.74) is 0. The standard InChI is InChI=1S/C15H34N.C2H4O3.H3N/c1-5-6-7-8-9-10-11-12-13-14-15-16(2,3)4;1-5-2(3)4;/h5-15H2,1-4H3;1H3,(H,3,4);1H3/q+1;;. The highest BCUT2D eigenvalue weighted by molar-refractivity contribution is 5.56. The quantitative estimate of drug-likeness (QED) is 0.315. The summed E-state index contributed by atoms with van der Waals surface area (Å²) in [5.74, 6) is 0. The molecule has 0 aromatic carbocycles. The highest BCUT2D eigenvalue weighted by atomic mass is 16.6. The number of quaternary nitrogens is 1. The van der Waals surface area contributed by atoms with E-state index in [0.717, 1.165) is 11.6 Å². The van der Waals surface area contributed by atoms with Gasteiger partial charge in [0.1, 0.15) is 0 Å². The first-order chi connectivity index (χ1) is 9.83. The van der Waals surface area contributed by atoms with Gasteiger partial charge in [-0.05, 0) is 12.8 Å². The third-order valence-corrected chi connectivity index (χ3v) is 3.36. The van der Waals surface area contributed by atoms with Crippen LogP contribution in [0.5, 0.6) is 0 Å². The molecule has 0 aromatic heterocycles. The molecule has 0 saturated carbocycles. The molecule has 5 heteroatoms. The van der Waals surface area contributed by atoms with Crippen LogP contribution in [-0.2, 0) is 4.74 Å². The van der Waals surface area contributed by atoms with Crippen molar-refractivity contribution in [3.8, 4) is 0 Å². The fourth-order valence-electron chi connectivity index (χ4n) is 2.07. The molecule has 0 rings (SSSR count). The number of nitrogens with zero attached hydrogens (tertiary/aromatic N) is 1. The Hall–Kier alpha value is -0.810. The molecular weight excluding hydrogens is 280 g/mol. The Labute approximate surface area is 138 Å². The third-order valence-electron chi connectivity index (χ3n) is 3.36. The lowest BCUT2D eigenvalue weighted by Gasteiger charge is -2.23. The Morgan fingerprint density at radius 2 is 1.18 bits per heavy atom. The highest BCUT2D eigenvalue weighted by Gasteiger charge is 2.04. The molecule has 0 aromatic rings. The van der Waals surface area contributed by atoms with Gasteiger partial charge in [0.15, 0.2) is 0 Å². The molecular formula is C17H41N2O3+. The molecule has 0 unspecified atom stereocenters. The Bertz CT molecular complexity index is 228. The molecule has 0 heterocycles. The van der Waals surface area contributed by atoms with Crippen molar-refractivity contribution < 1.29 is 19.1 Å². The van der Waals surface area contributed by atoms with Crippen LogP contribution < -0.4 is 6.15 Å². The minimum atomic E-state index is -1.25. The normalized spacial score (nSPS) is 10.2. The number of hydrogen-bond acceptors (Lipinski definition) is 3. The van der Waals surface area contributed by atoms with E-state index >= 15 is 0 Å². The summed E-state index contributed by atoms with van der Waals surface area (Å²) in [5, 5.41) is 7.50. The maximum atomic E-state index is 9.15. The van der Waals surface area contributed by atoms with Gasteiger partial charge in [-0.25, -0.2) is 4.79 Å². The first-order valence-electron chi connectivity index (χ1n) is 8.41. The number of hydrogen-bond donors (Lipinski definition) is 2. The smallest absolute Gasteiger partial charge is 0.450 e. The van der Waals surface area contributed by atoms with Gasteiger partial charge in [-0.3, -0.25) is 0 Å².